The first-order valence-corrected chi connectivity index (χ1v) is 10.5. The molecule has 1 heterocycles. The molecule has 0 aromatic heterocycles. The first kappa shape index (κ1) is 19.4. The van der Waals surface area contributed by atoms with Crippen molar-refractivity contribution in [2.24, 2.45) is 0 Å². The van der Waals surface area contributed by atoms with Gasteiger partial charge in [0.15, 0.2) is 0 Å². The molecule has 0 saturated carbocycles. The number of hydrogen-bond acceptors (Lipinski definition) is 4. The van der Waals surface area contributed by atoms with Crippen LogP contribution in [0, 0.1) is 0 Å². The topological polar surface area (TPSA) is 29.5 Å². The summed E-state index contributed by atoms with van der Waals surface area (Å²) in [6, 6.07) is 27.6. The summed E-state index contributed by atoms with van der Waals surface area (Å²) in [7, 11) is 0. The van der Waals surface area contributed by atoms with Gasteiger partial charge in [-0.3, -0.25) is 9.69 Å². The number of nitrogens with zero attached hydrogens (tertiary/aromatic N) is 1. The molecule has 0 aliphatic carbocycles. The largest absolute Gasteiger partial charge is 0.489 e. The number of amides is 1. The van der Waals surface area contributed by atoms with E-state index in [9.17, 15) is 4.79 Å². The van der Waals surface area contributed by atoms with Crippen LogP contribution < -0.4 is 4.74 Å². The highest BCUT2D eigenvalue weighted by Gasteiger charge is 2.31. The van der Waals surface area contributed by atoms with Gasteiger partial charge in [-0.25, -0.2) is 0 Å². The molecule has 1 amide bonds. The monoisotopic (exact) mass is 417 g/mol. The van der Waals surface area contributed by atoms with E-state index in [0.29, 0.717) is 22.4 Å². The predicted molar refractivity (Wildman–Crippen MR) is 122 cm³/mol. The highest BCUT2D eigenvalue weighted by atomic mass is 32.2. The maximum atomic E-state index is 12.8. The Kier molecular flexibility index (Phi) is 6.08. The van der Waals surface area contributed by atoms with Gasteiger partial charge in [0.25, 0.3) is 5.91 Å². The van der Waals surface area contributed by atoms with Gasteiger partial charge in [-0.15, -0.1) is 0 Å². The molecule has 4 rings (SSSR count). The van der Waals surface area contributed by atoms with E-state index >= 15 is 0 Å². The molecule has 3 nitrogen and oxygen atoms in total. The van der Waals surface area contributed by atoms with Crippen molar-refractivity contribution >= 4 is 40.3 Å². The van der Waals surface area contributed by atoms with E-state index < -0.39 is 0 Å². The molecule has 3 aromatic rings. The summed E-state index contributed by atoms with van der Waals surface area (Å²) >= 11 is 6.77. The van der Waals surface area contributed by atoms with E-state index in [1.807, 2.05) is 91.0 Å². The van der Waals surface area contributed by atoms with Crippen molar-refractivity contribution in [3.8, 4) is 5.75 Å². The van der Waals surface area contributed by atoms with Crippen LogP contribution in [0.25, 0.3) is 6.08 Å². The Morgan fingerprint density at radius 3 is 2.31 bits per heavy atom. The Bertz CT molecular complexity index is 1050. The summed E-state index contributed by atoms with van der Waals surface area (Å²) in [5.41, 5.74) is 3.08. The zero-order valence-corrected chi connectivity index (χ0v) is 17.3. The normalized spacial score (nSPS) is 15.2. The van der Waals surface area contributed by atoms with Gasteiger partial charge in [0.05, 0.1) is 11.4 Å². The van der Waals surface area contributed by atoms with Crippen molar-refractivity contribution < 1.29 is 9.53 Å². The summed E-state index contributed by atoms with van der Waals surface area (Å²) < 4.78 is 6.47. The van der Waals surface area contributed by atoms with Crippen LogP contribution >= 0.6 is 24.0 Å². The third kappa shape index (κ3) is 4.94. The minimum Gasteiger partial charge on any atom is -0.489 e. The first-order valence-electron chi connectivity index (χ1n) is 9.25. The lowest BCUT2D eigenvalue weighted by Gasteiger charge is -2.14. The predicted octanol–water partition coefficient (Wildman–Crippen LogP) is 5.67. The van der Waals surface area contributed by atoms with Crippen molar-refractivity contribution in [3.05, 3.63) is 107 Å². The molecule has 0 radical (unpaired) electrons. The smallest absolute Gasteiger partial charge is 0.266 e. The lowest BCUT2D eigenvalue weighted by molar-refractivity contribution is -0.122. The van der Waals surface area contributed by atoms with E-state index in [1.54, 1.807) is 4.90 Å². The molecule has 29 heavy (non-hydrogen) atoms. The second-order valence-corrected chi connectivity index (χ2v) is 8.28. The second-order valence-electron chi connectivity index (χ2n) is 6.60. The highest BCUT2D eigenvalue weighted by Crippen LogP contribution is 2.34. The minimum absolute atomic E-state index is 0.0561. The molecule has 0 spiro atoms. The summed E-state index contributed by atoms with van der Waals surface area (Å²) in [4.78, 5) is 15.1. The van der Waals surface area contributed by atoms with Gasteiger partial charge in [-0.1, -0.05) is 96.8 Å². The molecule has 0 atom stereocenters. The molecular formula is C24H19NO2S2. The molecule has 144 valence electrons. The van der Waals surface area contributed by atoms with Crippen LogP contribution in [0.5, 0.6) is 5.75 Å². The Balaban J connectivity index is 1.46. The molecule has 0 bridgehead atoms. The van der Waals surface area contributed by atoms with Gasteiger partial charge in [0.1, 0.15) is 16.7 Å². The van der Waals surface area contributed by atoms with Crippen molar-refractivity contribution in [2.45, 2.75) is 13.2 Å². The average Bonchev–Trinajstić information content (AvgIpc) is 3.01. The number of thiocarbonyl (C=S) groups is 1. The zero-order chi connectivity index (χ0) is 20.1. The van der Waals surface area contributed by atoms with Gasteiger partial charge in [-0.2, -0.15) is 0 Å². The van der Waals surface area contributed by atoms with Gasteiger partial charge in [0, 0.05) is 0 Å². The van der Waals surface area contributed by atoms with Crippen LogP contribution in [0.4, 0.5) is 0 Å². The van der Waals surface area contributed by atoms with Gasteiger partial charge in [-0.05, 0) is 34.9 Å². The summed E-state index contributed by atoms with van der Waals surface area (Å²) in [5.74, 6) is 0.710. The van der Waals surface area contributed by atoms with Crippen LogP contribution in [0.1, 0.15) is 16.7 Å². The van der Waals surface area contributed by atoms with E-state index in [2.05, 4.69) is 0 Å². The third-order valence-corrected chi connectivity index (χ3v) is 5.84. The van der Waals surface area contributed by atoms with Gasteiger partial charge in [0.2, 0.25) is 0 Å². The maximum Gasteiger partial charge on any atom is 0.266 e. The fourth-order valence-electron chi connectivity index (χ4n) is 2.99. The number of rotatable bonds is 6. The summed E-state index contributed by atoms with van der Waals surface area (Å²) in [6.07, 6.45) is 1.87. The summed E-state index contributed by atoms with van der Waals surface area (Å²) in [6.45, 7) is 0.993. The molecule has 1 saturated heterocycles. The highest BCUT2D eigenvalue weighted by molar-refractivity contribution is 8.26. The van der Waals surface area contributed by atoms with E-state index in [4.69, 9.17) is 17.0 Å². The van der Waals surface area contributed by atoms with Crippen molar-refractivity contribution in [1.82, 2.24) is 4.90 Å². The molecule has 5 heteroatoms. The van der Waals surface area contributed by atoms with Gasteiger partial charge < -0.3 is 4.74 Å². The van der Waals surface area contributed by atoms with E-state index in [-0.39, 0.29) is 5.91 Å². The Labute approximate surface area is 180 Å². The average molecular weight is 418 g/mol. The van der Waals surface area contributed by atoms with Crippen molar-refractivity contribution in [1.29, 1.82) is 0 Å². The first-order chi connectivity index (χ1) is 14.2. The number of hydrogen-bond donors (Lipinski definition) is 0. The number of carbonyl (C=O) groups excluding carboxylic acids is 1. The number of benzene rings is 3. The Hall–Kier alpha value is -2.89. The van der Waals surface area contributed by atoms with Crippen molar-refractivity contribution in [2.75, 3.05) is 0 Å². The van der Waals surface area contributed by atoms with Crippen LogP contribution in [0.3, 0.4) is 0 Å². The van der Waals surface area contributed by atoms with Crippen molar-refractivity contribution in [3.63, 3.8) is 0 Å². The SMILES string of the molecule is O=C1/C(=C\c2cccc(OCc3ccccc3)c2)SC(=S)N1Cc1ccccc1. The third-order valence-electron chi connectivity index (χ3n) is 4.46. The van der Waals surface area contributed by atoms with Gasteiger partial charge >= 0.3 is 0 Å². The fourth-order valence-corrected chi connectivity index (χ4v) is 4.24. The maximum absolute atomic E-state index is 12.8. The zero-order valence-electron chi connectivity index (χ0n) is 15.7. The number of carbonyl (C=O) groups is 1. The quantitative estimate of drug-likeness (QED) is 0.382. The second kappa shape index (κ2) is 9.07. The molecule has 1 aliphatic heterocycles. The lowest BCUT2D eigenvalue weighted by Crippen LogP contribution is -2.27. The Morgan fingerprint density at radius 1 is 0.897 bits per heavy atom. The van der Waals surface area contributed by atoms with Crippen LogP contribution in [-0.4, -0.2) is 15.1 Å². The van der Waals surface area contributed by atoms with Crippen LogP contribution in [-0.2, 0) is 17.9 Å². The molecule has 1 aliphatic rings. The number of thioether (sulfide) groups is 1. The fraction of sp³-hybridized carbons (Fsp3) is 0.0833. The number of ether oxygens (including phenoxy) is 1. The molecular weight excluding hydrogens is 398 g/mol. The van der Waals surface area contributed by atoms with Crippen LogP contribution in [0.2, 0.25) is 0 Å². The molecule has 0 N–H and O–H groups in total. The Morgan fingerprint density at radius 2 is 1.59 bits per heavy atom. The molecule has 1 fully saturated rings. The molecule has 0 unspecified atom stereocenters. The lowest BCUT2D eigenvalue weighted by atomic mass is 10.2. The van der Waals surface area contributed by atoms with E-state index in [0.717, 1.165) is 22.4 Å². The van der Waals surface area contributed by atoms with Crippen LogP contribution in [0.15, 0.2) is 89.8 Å². The molecule has 3 aromatic carbocycles. The standard InChI is InChI=1S/C24H19NO2S2/c26-23-22(29-24(28)25(23)16-18-8-3-1-4-9-18)15-20-12-7-13-21(14-20)27-17-19-10-5-2-6-11-19/h1-15H,16-17H2/b22-15+. The summed E-state index contributed by atoms with van der Waals surface area (Å²) in [5, 5.41) is 0. The van der Waals surface area contributed by atoms with E-state index in [1.165, 1.54) is 11.8 Å². The minimum atomic E-state index is -0.0561.